The lowest BCUT2D eigenvalue weighted by Gasteiger charge is -2.28. The second kappa shape index (κ2) is 7.20. The summed E-state index contributed by atoms with van der Waals surface area (Å²) < 4.78 is 11.0. The predicted molar refractivity (Wildman–Crippen MR) is 62.1 cm³/mol. The van der Waals surface area contributed by atoms with Gasteiger partial charge in [-0.05, 0) is 25.8 Å². The summed E-state index contributed by atoms with van der Waals surface area (Å²) in [6, 6.07) is 0.326. The first kappa shape index (κ1) is 12.9. The molecule has 3 atom stereocenters. The van der Waals surface area contributed by atoms with E-state index in [0.717, 1.165) is 19.1 Å². The summed E-state index contributed by atoms with van der Waals surface area (Å²) in [5.41, 5.74) is 0. The Morgan fingerprint density at radius 1 is 1.33 bits per heavy atom. The van der Waals surface area contributed by atoms with E-state index in [-0.39, 0.29) is 0 Å². The minimum absolute atomic E-state index is 0.326. The standard InChI is InChI=1S/C12H25NO2/c1-10-5-4-6-12(7-10)15-9-11(13-2)8-14-3/h10-13H,4-9H2,1-3H3. The maximum atomic E-state index is 5.92. The molecule has 1 rings (SSSR count). The van der Waals surface area contributed by atoms with Crippen molar-refractivity contribution in [2.75, 3.05) is 27.4 Å². The molecule has 0 radical (unpaired) electrons. The zero-order valence-electron chi connectivity index (χ0n) is 10.3. The minimum atomic E-state index is 0.326. The number of nitrogens with one attached hydrogen (secondary N) is 1. The fourth-order valence-electron chi connectivity index (χ4n) is 2.20. The van der Waals surface area contributed by atoms with Crippen LogP contribution in [0.4, 0.5) is 0 Å². The maximum absolute atomic E-state index is 5.92. The number of methoxy groups -OCH3 is 1. The number of ether oxygens (including phenoxy) is 2. The van der Waals surface area contributed by atoms with Crippen LogP contribution in [0.15, 0.2) is 0 Å². The van der Waals surface area contributed by atoms with Crippen molar-refractivity contribution in [3.05, 3.63) is 0 Å². The Morgan fingerprint density at radius 2 is 2.13 bits per heavy atom. The molecule has 0 aromatic carbocycles. The highest BCUT2D eigenvalue weighted by Crippen LogP contribution is 2.25. The van der Waals surface area contributed by atoms with E-state index in [9.17, 15) is 0 Å². The first-order chi connectivity index (χ1) is 7.26. The Bertz CT molecular complexity index is 164. The number of rotatable bonds is 6. The van der Waals surface area contributed by atoms with Crippen molar-refractivity contribution >= 4 is 0 Å². The molecule has 0 spiro atoms. The molecule has 0 aliphatic heterocycles. The van der Waals surface area contributed by atoms with E-state index in [4.69, 9.17) is 9.47 Å². The molecule has 0 bridgehead atoms. The van der Waals surface area contributed by atoms with E-state index in [2.05, 4.69) is 12.2 Å². The Balaban J connectivity index is 2.16. The molecule has 3 nitrogen and oxygen atoms in total. The second-order valence-electron chi connectivity index (χ2n) is 4.67. The van der Waals surface area contributed by atoms with Crippen LogP contribution in [0.2, 0.25) is 0 Å². The maximum Gasteiger partial charge on any atom is 0.0645 e. The average Bonchev–Trinajstić information content (AvgIpc) is 2.24. The monoisotopic (exact) mass is 215 g/mol. The zero-order chi connectivity index (χ0) is 11.1. The van der Waals surface area contributed by atoms with Crippen LogP contribution < -0.4 is 5.32 Å². The minimum Gasteiger partial charge on any atom is -0.383 e. The fraction of sp³-hybridized carbons (Fsp3) is 1.00. The van der Waals surface area contributed by atoms with Crippen molar-refractivity contribution < 1.29 is 9.47 Å². The molecule has 1 N–H and O–H groups in total. The summed E-state index contributed by atoms with van der Waals surface area (Å²) in [6.45, 7) is 3.81. The van der Waals surface area contributed by atoms with Crippen LogP contribution in [0.25, 0.3) is 0 Å². The van der Waals surface area contributed by atoms with Gasteiger partial charge < -0.3 is 14.8 Å². The van der Waals surface area contributed by atoms with E-state index in [1.807, 2.05) is 7.05 Å². The number of likely N-dealkylation sites (N-methyl/N-ethyl adjacent to an activating group) is 1. The van der Waals surface area contributed by atoms with Gasteiger partial charge in [0.05, 0.1) is 25.4 Å². The summed E-state index contributed by atoms with van der Waals surface area (Å²) in [6.07, 6.45) is 5.62. The summed E-state index contributed by atoms with van der Waals surface area (Å²) in [7, 11) is 3.68. The third kappa shape index (κ3) is 4.96. The summed E-state index contributed by atoms with van der Waals surface area (Å²) in [4.78, 5) is 0. The lowest BCUT2D eigenvalue weighted by atomic mass is 9.89. The van der Waals surface area contributed by atoms with Crippen molar-refractivity contribution in [1.82, 2.24) is 5.32 Å². The van der Waals surface area contributed by atoms with Gasteiger partial charge in [-0.25, -0.2) is 0 Å². The average molecular weight is 215 g/mol. The summed E-state index contributed by atoms with van der Waals surface area (Å²) in [5, 5.41) is 3.20. The molecule has 15 heavy (non-hydrogen) atoms. The van der Waals surface area contributed by atoms with Gasteiger partial charge in [0.1, 0.15) is 0 Å². The van der Waals surface area contributed by atoms with Gasteiger partial charge in [-0.2, -0.15) is 0 Å². The lowest BCUT2D eigenvalue weighted by molar-refractivity contribution is -0.00554. The van der Waals surface area contributed by atoms with E-state index < -0.39 is 0 Å². The molecule has 3 unspecified atom stereocenters. The first-order valence-corrected chi connectivity index (χ1v) is 6.04. The summed E-state index contributed by atoms with van der Waals surface area (Å²) in [5.74, 6) is 0.833. The van der Waals surface area contributed by atoms with Crippen LogP contribution in [-0.4, -0.2) is 39.5 Å². The Labute approximate surface area is 93.5 Å². The van der Waals surface area contributed by atoms with Gasteiger partial charge in [0.2, 0.25) is 0 Å². The van der Waals surface area contributed by atoms with Gasteiger partial charge in [-0.3, -0.25) is 0 Å². The Hall–Kier alpha value is -0.120. The SMILES string of the molecule is CNC(COC)COC1CCCC(C)C1. The van der Waals surface area contributed by atoms with Gasteiger partial charge >= 0.3 is 0 Å². The molecule has 1 aliphatic carbocycles. The van der Waals surface area contributed by atoms with Crippen LogP contribution in [0.1, 0.15) is 32.6 Å². The highest BCUT2D eigenvalue weighted by molar-refractivity contribution is 4.72. The lowest BCUT2D eigenvalue weighted by Crippen LogP contribution is -2.36. The van der Waals surface area contributed by atoms with Crippen LogP contribution in [0.5, 0.6) is 0 Å². The van der Waals surface area contributed by atoms with Crippen molar-refractivity contribution in [1.29, 1.82) is 0 Å². The normalized spacial score (nSPS) is 29.0. The van der Waals surface area contributed by atoms with Gasteiger partial charge in [0, 0.05) is 7.11 Å². The molecular formula is C12H25NO2. The first-order valence-electron chi connectivity index (χ1n) is 6.04. The van der Waals surface area contributed by atoms with Gasteiger partial charge in [0.25, 0.3) is 0 Å². The summed E-state index contributed by atoms with van der Waals surface area (Å²) >= 11 is 0. The van der Waals surface area contributed by atoms with Crippen molar-refractivity contribution in [2.45, 2.75) is 44.8 Å². The molecule has 0 aromatic rings. The number of hydrogen-bond donors (Lipinski definition) is 1. The molecule has 1 fully saturated rings. The molecule has 0 saturated heterocycles. The van der Waals surface area contributed by atoms with Crippen molar-refractivity contribution in [2.24, 2.45) is 5.92 Å². The molecule has 0 heterocycles. The van der Waals surface area contributed by atoms with Crippen LogP contribution in [-0.2, 0) is 9.47 Å². The van der Waals surface area contributed by atoms with Gasteiger partial charge in [-0.15, -0.1) is 0 Å². The third-order valence-electron chi connectivity index (χ3n) is 3.20. The van der Waals surface area contributed by atoms with E-state index >= 15 is 0 Å². The number of hydrogen-bond acceptors (Lipinski definition) is 3. The van der Waals surface area contributed by atoms with E-state index in [1.54, 1.807) is 7.11 Å². The molecular weight excluding hydrogens is 190 g/mol. The Morgan fingerprint density at radius 3 is 2.73 bits per heavy atom. The molecule has 90 valence electrons. The van der Waals surface area contributed by atoms with Gasteiger partial charge in [-0.1, -0.05) is 19.8 Å². The van der Waals surface area contributed by atoms with Crippen LogP contribution >= 0.6 is 0 Å². The largest absolute Gasteiger partial charge is 0.383 e. The second-order valence-corrected chi connectivity index (χ2v) is 4.67. The smallest absolute Gasteiger partial charge is 0.0645 e. The molecule has 0 aromatic heterocycles. The van der Waals surface area contributed by atoms with Crippen LogP contribution in [0.3, 0.4) is 0 Å². The highest BCUT2D eigenvalue weighted by atomic mass is 16.5. The highest BCUT2D eigenvalue weighted by Gasteiger charge is 2.20. The third-order valence-corrected chi connectivity index (χ3v) is 3.20. The van der Waals surface area contributed by atoms with Gasteiger partial charge in [0.15, 0.2) is 0 Å². The Kier molecular flexibility index (Phi) is 6.22. The van der Waals surface area contributed by atoms with Crippen molar-refractivity contribution in [3.8, 4) is 0 Å². The quantitative estimate of drug-likeness (QED) is 0.733. The van der Waals surface area contributed by atoms with Crippen LogP contribution in [0, 0.1) is 5.92 Å². The fourth-order valence-corrected chi connectivity index (χ4v) is 2.20. The molecule has 1 aliphatic rings. The van der Waals surface area contributed by atoms with E-state index in [0.29, 0.717) is 12.1 Å². The molecule has 3 heteroatoms. The molecule has 1 saturated carbocycles. The topological polar surface area (TPSA) is 30.5 Å². The molecule has 0 amide bonds. The predicted octanol–water partition coefficient (Wildman–Crippen LogP) is 1.82. The van der Waals surface area contributed by atoms with E-state index in [1.165, 1.54) is 25.7 Å². The zero-order valence-corrected chi connectivity index (χ0v) is 10.3. The van der Waals surface area contributed by atoms with Crippen molar-refractivity contribution in [3.63, 3.8) is 0 Å².